The molecule has 0 aliphatic carbocycles. The molecule has 0 heterocycles. The van der Waals surface area contributed by atoms with E-state index in [1.165, 1.54) is 7.11 Å². The summed E-state index contributed by atoms with van der Waals surface area (Å²) >= 11 is 0. The summed E-state index contributed by atoms with van der Waals surface area (Å²) in [6.07, 6.45) is 2.28. The standard InChI is InChI=1S/C13H19NO2/c1-4-5-8-14-12-9-11(13(15)16-3)7-6-10(12)2/h6-7,9,14H,4-5,8H2,1-3H3. The van der Waals surface area contributed by atoms with Gasteiger partial charge >= 0.3 is 5.97 Å². The molecule has 1 aromatic carbocycles. The Kier molecular flexibility index (Phi) is 4.83. The largest absolute Gasteiger partial charge is 0.465 e. The van der Waals surface area contributed by atoms with E-state index in [0.717, 1.165) is 30.6 Å². The zero-order valence-corrected chi connectivity index (χ0v) is 10.2. The van der Waals surface area contributed by atoms with Crippen molar-refractivity contribution in [3.05, 3.63) is 29.3 Å². The summed E-state index contributed by atoms with van der Waals surface area (Å²) < 4.78 is 4.69. The molecule has 3 nitrogen and oxygen atoms in total. The zero-order chi connectivity index (χ0) is 12.0. The minimum absolute atomic E-state index is 0.293. The molecular formula is C13H19NO2. The molecule has 0 saturated heterocycles. The maximum Gasteiger partial charge on any atom is 0.337 e. The van der Waals surface area contributed by atoms with E-state index in [1.807, 2.05) is 19.1 Å². The molecule has 0 spiro atoms. The number of carbonyl (C=O) groups excluding carboxylic acids is 1. The molecule has 0 bridgehead atoms. The molecule has 0 saturated carbocycles. The average Bonchev–Trinajstić information content (AvgIpc) is 2.31. The number of hydrogen-bond donors (Lipinski definition) is 1. The second kappa shape index (κ2) is 6.16. The van der Waals surface area contributed by atoms with Gasteiger partial charge in [0.2, 0.25) is 0 Å². The second-order valence-electron chi connectivity index (χ2n) is 3.80. The molecule has 0 amide bonds. The number of aryl methyl sites for hydroxylation is 1. The molecule has 88 valence electrons. The summed E-state index contributed by atoms with van der Waals surface area (Å²) in [7, 11) is 1.40. The zero-order valence-electron chi connectivity index (χ0n) is 10.2. The predicted molar refractivity (Wildman–Crippen MR) is 65.9 cm³/mol. The van der Waals surface area contributed by atoms with Crippen molar-refractivity contribution in [1.82, 2.24) is 0 Å². The fourth-order valence-corrected chi connectivity index (χ4v) is 1.46. The Labute approximate surface area is 96.8 Å². The number of benzene rings is 1. The van der Waals surface area contributed by atoms with Gasteiger partial charge < -0.3 is 10.1 Å². The number of rotatable bonds is 5. The van der Waals surface area contributed by atoms with E-state index in [0.29, 0.717) is 5.56 Å². The van der Waals surface area contributed by atoms with Crippen LogP contribution < -0.4 is 5.32 Å². The predicted octanol–water partition coefficient (Wildman–Crippen LogP) is 2.99. The highest BCUT2D eigenvalue weighted by molar-refractivity contribution is 5.90. The van der Waals surface area contributed by atoms with E-state index in [9.17, 15) is 4.79 Å². The van der Waals surface area contributed by atoms with Crippen LogP contribution in [0.15, 0.2) is 18.2 Å². The summed E-state index contributed by atoms with van der Waals surface area (Å²) in [5.74, 6) is -0.293. The third-order valence-corrected chi connectivity index (χ3v) is 2.50. The Hall–Kier alpha value is -1.51. The molecule has 0 aromatic heterocycles. The molecule has 1 N–H and O–H groups in total. The number of unbranched alkanes of at least 4 members (excludes halogenated alkanes) is 1. The Morgan fingerprint density at radius 1 is 1.44 bits per heavy atom. The van der Waals surface area contributed by atoms with Gasteiger partial charge in [0.1, 0.15) is 0 Å². The van der Waals surface area contributed by atoms with Crippen molar-refractivity contribution in [2.75, 3.05) is 19.0 Å². The van der Waals surface area contributed by atoms with E-state index in [-0.39, 0.29) is 5.97 Å². The number of methoxy groups -OCH3 is 1. The number of esters is 1. The van der Waals surface area contributed by atoms with Gasteiger partial charge in [0.15, 0.2) is 0 Å². The summed E-state index contributed by atoms with van der Waals surface area (Å²) in [5, 5.41) is 3.33. The topological polar surface area (TPSA) is 38.3 Å². The maximum atomic E-state index is 11.4. The first-order valence-electron chi connectivity index (χ1n) is 5.62. The van der Waals surface area contributed by atoms with Crippen LogP contribution in [0, 0.1) is 6.92 Å². The van der Waals surface area contributed by atoms with Crippen LogP contribution in [0.2, 0.25) is 0 Å². The van der Waals surface area contributed by atoms with Crippen molar-refractivity contribution in [2.45, 2.75) is 26.7 Å². The van der Waals surface area contributed by atoms with Crippen molar-refractivity contribution < 1.29 is 9.53 Å². The highest BCUT2D eigenvalue weighted by Gasteiger charge is 2.07. The third-order valence-electron chi connectivity index (χ3n) is 2.50. The summed E-state index contributed by atoms with van der Waals surface area (Å²) in [4.78, 5) is 11.4. The summed E-state index contributed by atoms with van der Waals surface area (Å²) in [5.41, 5.74) is 2.74. The number of anilines is 1. The lowest BCUT2D eigenvalue weighted by atomic mass is 10.1. The Morgan fingerprint density at radius 3 is 2.81 bits per heavy atom. The minimum atomic E-state index is -0.293. The van der Waals surface area contributed by atoms with E-state index >= 15 is 0 Å². The Balaban J connectivity index is 2.78. The number of nitrogens with one attached hydrogen (secondary N) is 1. The highest BCUT2D eigenvalue weighted by atomic mass is 16.5. The summed E-state index contributed by atoms with van der Waals surface area (Å²) in [6.45, 7) is 5.11. The van der Waals surface area contributed by atoms with Crippen LogP contribution in [-0.2, 0) is 4.74 Å². The molecule has 0 fully saturated rings. The lowest BCUT2D eigenvalue weighted by Gasteiger charge is -2.10. The van der Waals surface area contributed by atoms with Crippen LogP contribution in [0.5, 0.6) is 0 Å². The molecule has 0 atom stereocenters. The SMILES string of the molecule is CCCCNc1cc(C(=O)OC)ccc1C. The molecule has 1 rings (SSSR count). The van der Waals surface area contributed by atoms with Crippen molar-refractivity contribution in [3.8, 4) is 0 Å². The van der Waals surface area contributed by atoms with E-state index in [2.05, 4.69) is 12.2 Å². The summed E-state index contributed by atoms with van der Waals surface area (Å²) in [6, 6.07) is 5.56. The van der Waals surface area contributed by atoms with E-state index < -0.39 is 0 Å². The molecule has 16 heavy (non-hydrogen) atoms. The molecule has 0 aliphatic heterocycles. The van der Waals surface area contributed by atoms with Crippen LogP contribution in [-0.4, -0.2) is 19.6 Å². The first-order chi connectivity index (χ1) is 7.69. The molecule has 1 aromatic rings. The quantitative estimate of drug-likeness (QED) is 0.613. The van der Waals surface area contributed by atoms with E-state index in [4.69, 9.17) is 4.74 Å². The minimum Gasteiger partial charge on any atom is -0.465 e. The fraction of sp³-hybridized carbons (Fsp3) is 0.462. The van der Waals surface area contributed by atoms with Crippen LogP contribution >= 0.6 is 0 Å². The van der Waals surface area contributed by atoms with Crippen molar-refractivity contribution in [2.24, 2.45) is 0 Å². The van der Waals surface area contributed by atoms with Crippen LogP contribution in [0.25, 0.3) is 0 Å². The van der Waals surface area contributed by atoms with Crippen LogP contribution in [0.4, 0.5) is 5.69 Å². The average molecular weight is 221 g/mol. The fourth-order valence-electron chi connectivity index (χ4n) is 1.46. The van der Waals surface area contributed by atoms with Crippen molar-refractivity contribution in [3.63, 3.8) is 0 Å². The van der Waals surface area contributed by atoms with Gasteiger partial charge in [-0.05, 0) is 31.0 Å². The van der Waals surface area contributed by atoms with Crippen LogP contribution in [0.3, 0.4) is 0 Å². The second-order valence-corrected chi connectivity index (χ2v) is 3.80. The van der Waals surface area contributed by atoms with Gasteiger partial charge in [0.25, 0.3) is 0 Å². The number of hydrogen-bond acceptors (Lipinski definition) is 3. The van der Waals surface area contributed by atoms with Gasteiger partial charge in [-0.3, -0.25) is 0 Å². The number of carbonyl (C=O) groups is 1. The smallest absolute Gasteiger partial charge is 0.337 e. The Bertz CT molecular complexity index is 361. The van der Waals surface area contributed by atoms with Gasteiger partial charge in [0.05, 0.1) is 12.7 Å². The molecule has 3 heteroatoms. The van der Waals surface area contributed by atoms with Gasteiger partial charge in [-0.25, -0.2) is 4.79 Å². The monoisotopic (exact) mass is 221 g/mol. The molecular weight excluding hydrogens is 202 g/mol. The van der Waals surface area contributed by atoms with Gasteiger partial charge in [-0.1, -0.05) is 19.4 Å². The van der Waals surface area contributed by atoms with Crippen molar-refractivity contribution in [1.29, 1.82) is 0 Å². The Morgan fingerprint density at radius 2 is 2.19 bits per heavy atom. The highest BCUT2D eigenvalue weighted by Crippen LogP contribution is 2.17. The molecule has 0 radical (unpaired) electrons. The van der Waals surface area contributed by atoms with Crippen molar-refractivity contribution >= 4 is 11.7 Å². The lowest BCUT2D eigenvalue weighted by Crippen LogP contribution is -2.06. The van der Waals surface area contributed by atoms with E-state index in [1.54, 1.807) is 6.07 Å². The van der Waals surface area contributed by atoms with Gasteiger partial charge in [0, 0.05) is 12.2 Å². The first-order valence-corrected chi connectivity index (χ1v) is 5.62. The number of ether oxygens (including phenoxy) is 1. The first kappa shape index (κ1) is 12.6. The third kappa shape index (κ3) is 3.26. The van der Waals surface area contributed by atoms with Gasteiger partial charge in [-0.15, -0.1) is 0 Å². The molecule has 0 unspecified atom stereocenters. The van der Waals surface area contributed by atoms with Gasteiger partial charge in [-0.2, -0.15) is 0 Å². The molecule has 0 aliphatic rings. The normalized spacial score (nSPS) is 9.94. The maximum absolute atomic E-state index is 11.4. The lowest BCUT2D eigenvalue weighted by molar-refractivity contribution is 0.0601. The van der Waals surface area contributed by atoms with Crippen LogP contribution in [0.1, 0.15) is 35.7 Å².